The van der Waals surface area contributed by atoms with E-state index in [9.17, 15) is 14.7 Å². The number of likely N-dealkylation sites (tertiary alicyclic amines) is 1. The molecule has 1 aromatic heterocycles. The number of rotatable bonds is 8. The summed E-state index contributed by atoms with van der Waals surface area (Å²) in [6, 6.07) is 16.1. The van der Waals surface area contributed by atoms with E-state index in [4.69, 9.17) is 4.74 Å². The number of ether oxygens (including phenoxy) is 1. The number of hydrogen-bond acceptors (Lipinski definition) is 6. The third-order valence-electron chi connectivity index (χ3n) is 6.10. The van der Waals surface area contributed by atoms with Crippen molar-refractivity contribution < 1.29 is 19.4 Å². The van der Waals surface area contributed by atoms with Crippen LogP contribution in [-0.4, -0.2) is 70.2 Å². The number of aliphatic hydroxyl groups is 1. The second-order valence-electron chi connectivity index (χ2n) is 8.69. The number of aromatic nitrogens is 2. The molecule has 1 atom stereocenters. The van der Waals surface area contributed by atoms with E-state index in [1.807, 2.05) is 87.4 Å². The molecule has 1 aliphatic heterocycles. The number of ketones is 1. The zero-order chi connectivity index (χ0) is 25.1. The van der Waals surface area contributed by atoms with Crippen LogP contribution < -0.4 is 4.74 Å². The van der Waals surface area contributed by atoms with E-state index in [2.05, 4.69) is 5.10 Å². The van der Waals surface area contributed by atoms with Crippen molar-refractivity contribution in [1.29, 1.82) is 0 Å². The van der Waals surface area contributed by atoms with Crippen molar-refractivity contribution >= 4 is 17.4 Å². The first-order chi connectivity index (χ1) is 16.8. The molecule has 8 heteroatoms. The molecule has 2 aromatic carbocycles. The van der Waals surface area contributed by atoms with Gasteiger partial charge in [0.05, 0.1) is 41.4 Å². The first-order valence-electron chi connectivity index (χ1n) is 11.6. The summed E-state index contributed by atoms with van der Waals surface area (Å²) in [5.74, 6) is -0.858. The summed E-state index contributed by atoms with van der Waals surface area (Å²) in [7, 11) is 3.81. The van der Waals surface area contributed by atoms with Gasteiger partial charge in [0.1, 0.15) is 11.5 Å². The van der Waals surface area contributed by atoms with Crippen LogP contribution in [0.5, 0.6) is 5.75 Å². The molecular formula is C27H30N4O4. The first-order valence-corrected chi connectivity index (χ1v) is 11.6. The summed E-state index contributed by atoms with van der Waals surface area (Å²) in [6.45, 7) is 5.18. The van der Waals surface area contributed by atoms with Gasteiger partial charge < -0.3 is 19.6 Å². The predicted molar refractivity (Wildman–Crippen MR) is 133 cm³/mol. The van der Waals surface area contributed by atoms with Crippen LogP contribution in [0.25, 0.3) is 11.4 Å². The Balaban J connectivity index is 1.82. The molecule has 0 spiro atoms. The largest absolute Gasteiger partial charge is 0.507 e. The van der Waals surface area contributed by atoms with Gasteiger partial charge in [0, 0.05) is 13.1 Å². The summed E-state index contributed by atoms with van der Waals surface area (Å²) < 4.78 is 7.25. The van der Waals surface area contributed by atoms with E-state index in [0.717, 1.165) is 11.3 Å². The number of carbonyl (C=O) groups is 2. The maximum absolute atomic E-state index is 13.2. The molecule has 0 bridgehead atoms. The number of Topliss-reactive ketones (excluding diaryl/α,β-unsaturated/α-hetero) is 1. The maximum atomic E-state index is 13.2. The van der Waals surface area contributed by atoms with E-state index in [1.165, 1.54) is 11.1 Å². The van der Waals surface area contributed by atoms with Crippen LogP contribution in [0.15, 0.2) is 66.4 Å². The van der Waals surface area contributed by atoms with Crippen LogP contribution >= 0.6 is 0 Å². The third-order valence-corrected chi connectivity index (χ3v) is 6.10. The number of hydrogen-bond donors (Lipinski definition) is 1. The summed E-state index contributed by atoms with van der Waals surface area (Å²) in [4.78, 5) is 29.8. The molecular weight excluding hydrogens is 444 g/mol. The van der Waals surface area contributed by atoms with Crippen LogP contribution in [-0.2, 0) is 9.59 Å². The maximum Gasteiger partial charge on any atom is 0.295 e. The summed E-state index contributed by atoms with van der Waals surface area (Å²) in [5.41, 5.74) is 2.70. The number of carbonyl (C=O) groups excluding carboxylic acids is 2. The van der Waals surface area contributed by atoms with Gasteiger partial charge in [-0.25, -0.2) is 4.68 Å². The normalized spacial score (nSPS) is 17.4. The highest BCUT2D eigenvalue weighted by molar-refractivity contribution is 6.46. The van der Waals surface area contributed by atoms with Crippen molar-refractivity contribution in [2.24, 2.45) is 0 Å². The zero-order valence-electron chi connectivity index (χ0n) is 20.4. The van der Waals surface area contributed by atoms with E-state index in [1.54, 1.807) is 4.68 Å². The summed E-state index contributed by atoms with van der Waals surface area (Å²) in [6.07, 6.45) is 1.53. The molecule has 8 nitrogen and oxygen atoms in total. The lowest BCUT2D eigenvalue weighted by Crippen LogP contribution is -2.35. The average Bonchev–Trinajstić information content (AvgIpc) is 3.36. The molecule has 4 rings (SSSR count). The van der Waals surface area contributed by atoms with E-state index >= 15 is 0 Å². The lowest BCUT2D eigenvalue weighted by atomic mass is 9.95. The molecule has 3 aromatic rings. The highest BCUT2D eigenvalue weighted by Crippen LogP contribution is 2.40. The fraction of sp³-hybridized carbons (Fsp3) is 0.296. The molecule has 2 heterocycles. The molecule has 0 aliphatic carbocycles. The van der Waals surface area contributed by atoms with E-state index in [-0.39, 0.29) is 11.3 Å². The second kappa shape index (κ2) is 10.1. The van der Waals surface area contributed by atoms with Crippen molar-refractivity contribution in [3.8, 4) is 11.4 Å². The van der Waals surface area contributed by atoms with Gasteiger partial charge in [-0.1, -0.05) is 30.3 Å². The second-order valence-corrected chi connectivity index (χ2v) is 8.69. The minimum atomic E-state index is -0.717. The third kappa shape index (κ3) is 4.70. The molecule has 0 radical (unpaired) electrons. The van der Waals surface area contributed by atoms with Crippen molar-refractivity contribution in [3.05, 3.63) is 83.2 Å². The Hall–Kier alpha value is -3.91. The van der Waals surface area contributed by atoms with E-state index in [0.29, 0.717) is 36.7 Å². The van der Waals surface area contributed by atoms with Gasteiger partial charge in [0.15, 0.2) is 0 Å². The van der Waals surface area contributed by atoms with Gasteiger partial charge in [0.25, 0.3) is 11.7 Å². The molecule has 1 unspecified atom stereocenters. The number of aliphatic hydroxyl groups excluding tert-OH is 1. The number of para-hydroxylation sites is 1. The Bertz CT molecular complexity index is 1250. The van der Waals surface area contributed by atoms with Gasteiger partial charge in [-0.2, -0.15) is 5.10 Å². The first kappa shape index (κ1) is 24.2. The van der Waals surface area contributed by atoms with Crippen LogP contribution in [0.4, 0.5) is 0 Å². The van der Waals surface area contributed by atoms with Gasteiger partial charge in [-0.05, 0) is 57.8 Å². The molecule has 1 amide bonds. The molecule has 1 fully saturated rings. The number of nitrogens with zero attached hydrogens (tertiary/aromatic N) is 4. The molecule has 0 saturated carbocycles. The van der Waals surface area contributed by atoms with Crippen LogP contribution in [0.1, 0.15) is 29.8 Å². The van der Waals surface area contributed by atoms with Crippen LogP contribution in [0.3, 0.4) is 0 Å². The quantitative estimate of drug-likeness (QED) is 0.305. The van der Waals surface area contributed by atoms with Crippen molar-refractivity contribution in [3.63, 3.8) is 0 Å². The minimum Gasteiger partial charge on any atom is -0.507 e. The SMILES string of the molecule is CCOc1ccc(C2/C(=C(\O)c3cnn(-c4ccccc4)c3C)C(=O)C(=O)N2CCN(C)C)cc1. The number of amides is 1. The molecule has 1 saturated heterocycles. The predicted octanol–water partition coefficient (Wildman–Crippen LogP) is 3.56. The van der Waals surface area contributed by atoms with Crippen LogP contribution in [0, 0.1) is 6.92 Å². The lowest BCUT2D eigenvalue weighted by Gasteiger charge is -2.26. The van der Waals surface area contributed by atoms with Gasteiger partial charge in [-0.3, -0.25) is 9.59 Å². The number of benzene rings is 2. The molecule has 35 heavy (non-hydrogen) atoms. The monoisotopic (exact) mass is 474 g/mol. The number of likely N-dealkylation sites (N-methyl/N-ethyl adjacent to an activating group) is 1. The summed E-state index contributed by atoms with van der Waals surface area (Å²) in [5, 5.41) is 15.8. The molecule has 182 valence electrons. The Morgan fingerprint density at radius 1 is 1.09 bits per heavy atom. The van der Waals surface area contributed by atoms with Crippen molar-refractivity contribution in [2.45, 2.75) is 19.9 Å². The highest BCUT2D eigenvalue weighted by Gasteiger charge is 2.46. The fourth-order valence-electron chi connectivity index (χ4n) is 4.29. The van der Waals surface area contributed by atoms with Gasteiger partial charge >= 0.3 is 0 Å². The Kier molecular flexibility index (Phi) is 7.02. The Morgan fingerprint density at radius 3 is 2.40 bits per heavy atom. The smallest absolute Gasteiger partial charge is 0.295 e. The standard InChI is InChI=1S/C27H30N4O4/c1-5-35-21-13-11-19(12-14-21)24-23(26(33)27(34)30(24)16-15-29(3)4)25(32)22-17-28-31(18(22)2)20-9-7-6-8-10-20/h6-14,17,24,32H,5,15-16H2,1-4H3/b25-23+. The van der Waals surface area contributed by atoms with Gasteiger partial charge in [-0.15, -0.1) is 0 Å². The minimum absolute atomic E-state index is 0.0635. The lowest BCUT2D eigenvalue weighted by molar-refractivity contribution is -0.140. The van der Waals surface area contributed by atoms with Crippen LogP contribution in [0.2, 0.25) is 0 Å². The highest BCUT2D eigenvalue weighted by atomic mass is 16.5. The summed E-state index contributed by atoms with van der Waals surface area (Å²) >= 11 is 0. The zero-order valence-corrected chi connectivity index (χ0v) is 20.4. The Labute approximate surface area is 205 Å². The fourth-order valence-corrected chi connectivity index (χ4v) is 4.29. The average molecular weight is 475 g/mol. The molecule has 1 N–H and O–H groups in total. The molecule has 1 aliphatic rings. The Morgan fingerprint density at radius 2 is 1.77 bits per heavy atom. The van der Waals surface area contributed by atoms with Crippen molar-refractivity contribution in [2.75, 3.05) is 33.8 Å². The van der Waals surface area contributed by atoms with E-state index < -0.39 is 17.7 Å². The van der Waals surface area contributed by atoms with Gasteiger partial charge in [0.2, 0.25) is 0 Å². The topological polar surface area (TPSA) is 87.9 Å². The van der Waals surface area contributed by atoms with Crippen molar-refractivity contribution in [1.82, 2.24) is 19.6 Å².